The largest absolute Gasteiger partial charge is 0.283 e. The van der Waals surface area contributed by atoms with E-state index >= 15 is 0 Å². The molecule has 0 amide bonds. The number of sulfonamides is 2. The molecule has 2 unspecified atom stereocenters. The van der Waals surface area contributed by atoms with Gasteiger partial charge in [-0.1, -0.05) is 0 Å². The van der Waals surface area contributed by atoms with Gasteiger partial charge in [-0.25, -0.2) is 25.6 Å². The highest BCUT2D eigenvalue weighted by Gasteiger charge is 2.59. The van der Waals surface area contributed by atoms with Crippen LogP contribution in [0, 0.1) is 0 Å². The van der Waals surface area contributed by atoms with Gasteiger partial charge < -0.3 is 0 Å². The molecule has 0 aliphatic carbocycles. The van der Waals surface area contributed by atoms with E-state index in [1.54, 1.807) is 0 Å². The Hall–Kier alpha value is -0.280. The zero-order chi connectivity index (χ0) is 11.4. The van der Waals surface area contributed by atoms with E-state index in [1.807, 2.05) is 0 Å². The predicted molar refractivity (Wildman–Crippen MR) is 44.8 cm³/mol. The fraction of sp³-hybridized carbons (Fsp3) is 1.00. The Balaban J connectivity index is 3.39. The number of hydrogen-bond donors (Lipinski definition) is 1. The highest BCUT2D eigenvalue weighted by molar-refractivity contribution is 8.06. The summed E-state index contributed by atoms with van der Waals surface area (Å²) in [6, 6.07) is 0. The summed E-state index contributed by atoms with van der Waals surface area (Å²) < 4.78 is 71.6. The minimum absolute atomic E-state index is 0.771. The van der Waals surface area contributed by atoms with Crippen LogP contribution < -0.4 is 4.13 Å². The van der Waals surface area contributed by atoms with E-state index in [0.29, 0.717) is 0 Å². The van der Waals surface area contributed by atoms with E-state index < -0.39 is 36.5 Å². The molecule has 0 radical (unpaired) electrons. The van der Waals surface area contributed by atoms with E-state index in [2.05, 4.69) is 0 Å². The Morgan fingerprint density at radius 2 is 1.29 bits per heavy atom. The summed E-state index contributed by atoms with van der Waals surface area (Å²) in [6.07, 6.45) is 0. The number of halogens is 2. The second-order valence-corrected chi connectivity index (χ2v) is 7.39. The predicted octanol–water partition coefficient (Wildman–Crippen LogP) is -0.338. The Bertz CT molecular complexity index is 400. The van der Waals surface area contributed by atoms with E-state index in [4.69, 9.17) is 0 Å². The first-order valence-corrected chi connectivity index (χ1v) is 6.75. The lowest BCUT2D eigenvalue weighted by atomic mass is 10.2. The highest BCUT2D eigenvalue weighted by Crippen LogP contribution is 2.35. The van der Waals surface area contributed by atoms with E-state index in [-0.39, 0.29) is 0 Å². The first kappa shape index (κ1) is 11.8. The average molecular weight is 249 g/mol. The Labute approximate surface area is 80.6 Å². The van der Waals surface area contributed by atoms with Crippen molar-refractivity contribution in [1.29, 1.82) is 0 Å². The maximum atomic E-state index is 13.2. The molecule has 1 saturated heterocycles. The molecule has 1 rings (SSSR count). The van der Waals surface area contributed by atoms with Crippen molar-refractivity contribution in [2.24, 2.45) is 0 Å². The molecule has 84 valence electrons. The zero-order valence-electron chi connectivity index (χ0n) is 7.36. The number of alkyl halides is 2. The van der Waals surface area contributed by atoms with Gasteiger partial charge in [0, 0.05) is 0 Å². The maximum absolute atomic E-state index is 13.2. The van der Waals surface area contributed by atoms with Gasteiger partial charge in [0.05, 0.1) is 0 Å². The molecule has 0 aromatic heterocycles. The molecule has 1 heterocycles. The van der Waals surface area contributed by atoms with Crippen molar-refractivity contribution in [1.82, 2.24) is 4.13 Å². The van der Waals surface area contributed by atoms with Crippen molar-refractivity contribution in [2.75, 3.05) is 0 Å². The van der Waals surface area contributed by atoms with Crippen LogP contribution in [0.3, 0.4) is 0 Å². The van der Waals surface area contributed by atoms with Crippen LogP contribution in [0.2, 0.25) is 0 Å². The maximum Gasteiger partial charge on any atom is 0.283 e. The summed E-state index contributed by atoms with van der Waals surface area (Å²) in [5.41, 5.74) is 0. The second-order valence-electron chi connectivity index (χ2n) is 3.13. The second kappa shape index (κ2) is 2.86. The van der Waals surface area contributed by atoms with Gasteiger partial charge >= 0.3 is 0 Å². The molecule has 0 aromatic carbocycles. The molecule has 1 aliphatic rings. The smallest absolute Gasteiger partial charge is 0.211 e. The summed E-state index contributed by atoms with van der Waals surface area (Å²) in [7, 11) is -9.00. The van der Waals surface area contributed by atoms with Crippen LogP contribution in [0.5, 0.6) is 0 Å². The fourth-order valence-electron chi connectivity index (χ4n) is 1.05. The van der Waals surface area contributed by atoms with E-state index in [1.165, 1.54) is 4.13 Å². The zero-order valence-corrected chi connectivity index (χ0v) is 8.99. The van der Waals surface area contributed by atoms with Gasteiger partial charge in [0.15, 0.2) is 0 Å². The molecule has 2 atom stereocenters. The van der Waals surface area contributed by atoms with Crippen molar-refractivity contribution in [3.63, 3.8) is 0 Å². The third kappa shape index (κ3) is 1.52. The number of rotatable bonds is 0. The summed E-state index contributed by atoms with van der Waals surface area (Å²) in [4.78, 5) is 0. The van der Waals surface area contributed by atoms with Gasteiger partial charge in [-0.15, -0.1) is 4.13 Å². The molecular weight excluding hydrogens is 240 g/mol. The molecule has 0 aromatic rings. The van der Waals surface area contributed by atoms with Gasteiger partial charge in [-0.3, -0.25) is 0 Å². The van der Waals surface area contributed by atoms with Crippen LogP contribution in [0.4, 0.5) is 8.78 Å². The molecular formula is C5H9F2NO4S2. The average Bonchev–Trinajstić information content (AvgIpc) is 1.97. The van der Waals surface area contributed by atoms with Crippen LogP contribution in [0.15, 0.2) is 0 Å². The van der Waals surface area contributed by atoms with Crippen molar-refractivity contribution >= 4 is 20.0 Å². The van der Waals surface area contributed by atoms with Gasteiger partial charge in [-0.2, -0.15) is 0 Å². The third-order valence-electron chi connectivity index (χ3n) is 2.25. The van der Waals surface area contributed by atoms with Crippen molar-refractivity contribution in [2.45, 2.75) is 30.3 Å². The molecule has 0 spiro atoms. The molecule has 5 nitrogen and oxygen atoms in total. The van der Waals surface area contributed by atoms with Crippen LogP contribution >= 0.6 is 0 Å². The molecule has 14 heavy (non-hydrogen) atoms. The summed E-state index contributed by atoms with van der Waals surface area (Å²) in [6.45, 7) is 1.54. The first-order valence-electron chi connectivity index (χ1n) is 3.66. The molecule has 1 N–H and O–H groups in total. The van der Waals surface area contributed by atoms with Gasteiger partial charge in [0.2, 0.25) is 20.0 Å². The molecule has 1 fully saturated rings. The van der Waals surface area contributed by atoms with Gasteiger partial charge in [0.1, 0.15) is 10.5 Å². The van der Waals surface area contributed by atoms with Crippen molar-refractivity contribution in [3.8, 4) is 0 Å². The summed E-state index contributed by atoms with van der Waals surface area (Å²) in [5.74, 6) is -3.77. The van der Waals surface area contributed by atoms with E-state index in [9.17, 15) is 25.6 Å². The molecule has 0 bridgehead atoms. The topological polar surface area (TPSA) is 80.3 Å². The highest BCUT2D eigenvalue weighted by atomic mass is 32.3. The minimum atomic E-state index is -4.50. The van der Waals surface area contributed by atoms with Crippen LogP contribution in [0.25, 0.3) is 0 Å². The number of nitrogens with one attached hydrogen (secondary N) is 1. The van der Waals surface area contributed by atoms with Crippen LogP contribution in [-0.4, -0.2) is 33.3 Å². The van der Waals surface area contributed by atoms with E-state index in [0.717, 1.165) is 13.8 Å². The summed E-state index contributed by atoms with van der Waals surface area (Å²) in [5, 5.41) is -4.10. The summed E-state index contributed by atoms with van der Waals surface area (Å²) >= 11 is 0. The molecule has 1 aliphatic heterocycles. The molecule has 9 heteroatoms. The lowest BCUT2D eigenvalue weighted by molar-refractivity contribution is -0.00134. The normalized spacial score (nSPS) is 39.1. The van der Waals surface area contributed by atoms with Gasteiger partial charge in [0.25, 0.3) is 5.92 Å². The monoisotopic (exact) mass is 249 g/mol. The van der Waals surface area contributed by atoms with Crippen molar-refractivity contribution < 1.29 is 25.6 Å². The van der Waals surface area contributed by atoms with Crippen LogP contribution in [-0.2, 0) is 20.0 Å². The SMILES string of the molecule is CC1C(F)(F)C(C)S(=O)(=O)NS1(=O)=O. The molecule has 0 saturated carbocycles. The minimum Gasteiger partial charge on any atom is -0.211 e. The lowest BCUT2D eigenvalue weighted by Gasteiger charge is -2.33. The Morgan fingerprint density at radius 3 is 1.57 bits per heavy atom. The standard InChI is InChI=1S/C5H9F2NO4S2/c1-3-5(6,7)4(2)14(11,12)8-13(3,9)10/h3-4,8H,1-2H3. The fourth-order valence-corrected chi connectivity index (χ4v) is 4.82. The first-order chi connectivity index (χ1) is 6.02. The third-order valence-corrected chi connectivity index (χ3v) is 6.60. The Morgan fingerprint density at radius 1 is 1.00 bits per heavy atom. The quantitative estimate of drug-likeness (QED) is 0.637. The van der Waals surface area contributed by atoms with Crippen molar-refractivity contribution in [3.05, 3.63) is 0 Å². The van der Waals surface area contributed by atoms with Crippen LogP contribution in [0.1, 0.15) is 13.8 Å². The number of hydrogen-bond acceptors (Lipinski definition) is 4. The van der Waals surface area contributed by atoms with Gasteiger partial charge in [-0.05, 0) is 13.8 Å². The Kier molecular flexibility index (Phi) is 2.41. The lowest BCUT2D eigenvalue weighted by Crippen LogP contribution is -2.61.